The zero-order valence-electron chi connectivity index (χ0n) is 23.2. The van der Waals surface area contributed by atoms with Crippen molar-refractivity contribution in [1.82, 2.24) is 0 Å². The lowest BCUT2D eigenvalue weighted by Crippen LogP contribution is -2.45. The lowest BCUT2D eigenvalue weighted by molar-refractivity contribution is -0.146. The Bertz CT molecular complexity index is 1380. The molecule has 40 heavy (non-hydrogen) atoms. The van der Waals surface area contributed by atoms with Gasteiger partial charge < -0.3 is 23.6 Å². The van der Waals surface area contributed by atoms with Crippen LogP contribution in [0.25, 0.3) is 0 Å². The van der Waals surface area contributed by atoms with E-state index < -0.39 is 31.6 Å². The normalized spacial score (nSPS) is 23.9. The van der Waals surface area contributed by atoms with Crippen LogP contribution < -0.4 is 14.5 Å². The van der Waals surface area contributed by atoms with Gasteiger partial charge in [0.15, 0.2) is 5.60 Å². The fourth-order valence-electron chi connectivity index (χ4n) is 6.51. The van der Waals surface area contributed by atoms with Crippen LogP contribution in [0.1, 0.15) is 24.5 Å². The third kappa shape index (κ3) is 4.61. The highest BCUT2D eigenvalue weighted by Gasteiger charge is 2.66. The Morgan fingerprint density at radius 1 is 1.10 bits per heavy atom. The standard InChI is InChI=1S/C31H35FN2O5Si/c1-21-29(40(3,4)32)28(16-17-35)39-31(21)26-18-25(38-2)14-15-27(26)33(30(31)37)19-22-10-12-24(13-11-22)34(20-36)23-8-6-5-7-9-23/h5-15,18,20-21,28-29,35H,16-17,19H2,1-4H3/t21-,28+,29-,31+/m1/s1. The van der Waals surface area contributed by atoms with E-state index in [-0.39, 0.29) is 25.5 Å². The number of hydrogen-bond acceptors (Lipinski definition) is 5. The van der Waals surface area contributed by atoms with E-state index in [1.54, 1.807) is 36.1 Å². The molecule has 2 aliphatic heterocycles. The summed E-state index contributed by atoms with van der Waals surface area (Å²) >= 11 is 0. The molecule has 1 N–H and O–H groups in total. The number of halogens is 1. The highest BCUT2D eigenvalue weighted by atomic mass is 28.4. The number of nitrogens with zero attached hydrogens (tertiary/aromatic N) is 2. The van der Waals surface area contributed by atoms with Gasteiger partial charge in [0, 0.05) is 35.0 Å². The number of aliphatic hydroxyl groups is 1. The summed E-state index contributed by atoms with van der Waals surface area (Å²) in [5.41, 5.74) is 1.86. The van der Waals surface area contributed by atoms with E-state index in [4.69, 9.17) is 9.47 Å². The van der Waals surface area contributed by atoms with Gasteiger partial charge in [-0.1, -0.05) is 37.3 Å². The molecule has 2 amide bonds. The fourth-order valence-corrected chi connectivity index (χ4v) is 9.05. The van der Waals surface area contributed by atoms with E-state index in [1.165, 1.54) is 0 Å². The first-order chi connectivity index (χ1) is 19.1. The minimum Gasteiger partial charge on any atom is -0.497 e. The number of hydrogen-bond donors (Lipinski definition) is 1. The van der Waals surface area contributed by atoms with Crippen LogP contribution in [0.3, 0.4) is 0 Å². The van der Waals surface area contributed by atoms with Crippen LogP contribution in [0.2, 0.25) is 18.6 Å². The SMILES string of the molecule is COc1ccc2c(c1)[C@]1(O[C@@H](CCO)[C@H]([Si](C)(C)F)[C@H]1C)C(=O)N2Cc1ccc(N(C=O)c2ccccc2)cc1. The number of para-hydroxylation sites is 1. The van der Waals surface area contributed by atoms with Crippen molar-refractivity contribution in [3.63, 3.8) is 0 Å². The maximum Gasteiger partial charge on any atom is 0.264 e. The summed E-state index contributed by atoms with van der Waals surface area (Å²) < 4.78 is 27.8. The van der Waals surface area contributed by atoms with Crippen molar-refractivity contribution in [1.29, 1.82) is 0 Å². The van der Waals surface area contributed by atoms with Crippen LogP contribution >= 0.6 is 0 Å². The molecular formula is C31H35FN2O5Si. The van der Waals surface area contributed by atoms with Gasteiger partial charge in [0.1, 0.15) is 5.75 Å². The number of methoxy groups -OCH3 is 1. The van der Waals surface area contributed by atoms with Crippen molar-refractivity contribution in [3.8, 4) is 5.75 Å². The van der Waals surface area contributed by atoms with Crippen LogP contribution in [0.4, 0.5) is 21.2 Å². The van der Waals surface area contributed by atoms with Crippen molar-refractivity contribution < 1.29 is 28.3 Å². The molecule has 0 radical (unpaired) electrons. The van der Waals surface area contributed by atoms with E-state index in [0.717, 1.165) is 17.7 Å². The maximum absolute atomic E-state index is 15.7. The zero-order valence-corrected chi connectivity index (χ0v) is 24.2. The number of aliphatic hydroxyl groups excluding tert-OH is 1. The average molecular weight is 563 g/mol. The third-order valence-electron chi connectivity index (χ3n) is 8.28. The minimum atomic E-state index is -3.27. The molecule has 7 nitrogen and oxygen atoms in total. The van der Waals surface area contributed by atoms with Crippen molar-refractivity contribution in [2.24, 2.45) is 5.92 Å². The van der Waals surface area contributed by atoms with Crippen molar-refractivity contribution in [2.45, 2.75) is 50.2 Å². The Labute approximate surface area is 235 Å². The number of anilines is 3. The monoisotopic (exact) mass is 562 g/mol. The number of amides is 2. The Kier molecular flexibility index (Phi) is 7.56. The maximum atomic E-state index is 15.7. The van der Waals surface area contributed by atoms with Crippen molar-refractivity contribution in [2.75, 3.05) is 23.5 Å². The molecule has 0 unspecified atom stereocenters. The molecule has 1 spiro atoms. The molecule has 3 aromatic carbocycles. The van der Waals surface area contributed by atoms with Crippen LogP contribution in [0.15, 0.2) is 72.8 Å². The van der Waals surface area contributed by atoms with E-state index in [2.05, 4.69) is 0 Å². The van der Waals surface area contributed by atoms with Gasteiger partial charge in [0.2, 0.25) is 14.8 Å². The van der Waals surface area contributed by atoms with Gasteiger partial charge in [0.25, 0.3) is 5.91 Å². The molecule has 0 aromatic heterocycles. The van der Waals surface area contributed by atoms with Gasteiger partial charge in [0.05, 0.1) is 25.4 Å². The van der Waals surface area contributed by atoms with E-state index in [1.807, 2.05) is 73.7 Å². The Morgan fingerprint density at radius 3 is 2.38 bits per heavy atom. The first-order valence-corrected chi connectivity index (χ1v) is 16.5. The summed E-state index contributed by atoms with van der Waals surface area (Å²) in [6.07, 6.45) is 0.469. The highest BCUT2D eigenvalue weighted by Crippen LogP contribution is 2.60. The molecule has 2 aliphatic rings. The number of benzene rings is 3. The summed E-state index contributed by atoms with van der Waals surface area (Å²) in [7, 11) is -1.70. The van der Waals surface area contributed by atoms with E-state index in [0.29, 0.717) is 22.7 Å². The molecule has 4 atom stereocenters. The summed E-state index contributed by atoms with van der Waals surface area (Å²) in [4.78, 5) is 29.5. The molecule has 3 aromatic rings. The number of rotatable bonds is 9. The van der Waals surface area contributed by atoms with Gasteiger partial charge in [-0.2, -0.15) is 0 Å². The van der Waals surface area contributed by atoms with Gasteiger partial charge in [-0.3, -0.25) is 14.5 Å². The van der Waals surface area contributed by atoms with E-state index >= 15 is 4.11 Å². The van der Waals surface area contributed by atoms with Gasteiger partial charge in [-0.15, -0.1) is 0 Å². The second-order valence-electron chi connectivity index (χ2n) is 11.0. The highest BCUT2D eigenvalue weighted by molar-refractivity contribution is 6.72. The molecule has 9 heteroatoms. The van der Waals surface area contributed by atoms with Crippen LogP contribution in [-0.2, 0) is 26.5 Å². The molecule has 0 bridgehead atoms. The number of fused-ring (bicyclic) bond motifs is 2. The molecule has 210 valence electrons. The van der Waals surface area contributed by atoms with Gasteiger partial charge >= 0.3 is 0 Å². The molecule has 5 rings (SSSR count). The van der Waals surface area contributed by atoms with Gasteiger partial charge in [-0.05, 0) is 67.5 Å². The smallest absolute Gasteiger partial charge is 0.264 e. The molecular weight excluding hydrogens is 527 g/mol. The second kappa shape index (κ2) is 10.8. The lowest BCUT2D eigenvalue weighted by atomic mass is 9.82. The zero-order chi connectivity index (χ0) is 28.7. The Balaban J connectivity index is 1.51. The van der Waals surface area contributed by atoms with Crippen molar-refractivity contribution in [3.05, 3.63) is 83.9 Å². The lowest BCUT2D eigenvalue weighted by Gasteiger charge is -2.31. The average Bonchev–Trinajstić information content (AvgIpc) is 3.37. The number of ether oxygens (including phenoxy) is 2. The molecule has 2 heterocycles. The van der Waals surface area contributed by atoms with E-state index in [9.17, 15) is 14.7 Å². The van der Waals surface area contributed by atoms with Gasteiger partial charge in [-0.25, -0.2) is 0 Å². The Hall–Kier alpha value is -3.53. The minimum absolute atomic E-state index is 0.148. The number of carbonyl (C=O) groups is 2. The largest absolute Gasteiger partial charge is 0.497 e. The predicted molar refractivity (Wildman–Crippen MR) is 155 cm³/mol. The predicted octanol–water partition coefficient (Wildman–Crippen LogP) is 5.69. The third-order valence-corrected chi connectivity index (χ3v) is 10.7. The first kappa shape index (κ1) is 28.0. The van der Waals surface area contributed by atoms with Crippen molar-refractivity contribution >= 4 is 37.8 Å². The fraction of sp³-hybridized carbons (Fsp3) is 0.355. The second-order valence-corrected chi connectivity index (χ2v) is 14.8. The summed E-state index contributed by atoms with van der Waals surface area (Å²) in [6.45, 7) is 5.31. The topological polar surface area (TPSA) is 79.3 Å². The quantitative estimate of drug-likeness (QED) is 0.206. The summed E-state index contributed by atoms with van der Waals surface area (Å²) in [5, 5.41) is 9.74. The molecule has 0 saturated carbocycles. The van der Waals surface area contributed by atoms with Crippen LogP contribution in [0, 0.1) is 5.92 Å². The molecule has 0 aliphatic carbocycles. The first-order valence-electron chi connectivity index (χ1n) is 13.5. The van der Waals surface area contributed by atoms with Crippen LogP contribution in [0.5, 0.6) is 5.75 Å². The number of carbonyl (C=O) groups excluding carboxylic acids is 2. The summed E-state index contributed by atoms with van der Waals surface area (Å²) in [5.74, 6) is -0.0926. The summed E-state index contributed by atoms with van der Waals surface area (Å²) in [6, 6.07) is 22.3. The molecule has 1 saturated heterocycles. The van der Waals surface area contributed by atoms with Crippen LogP contribution in [-0.4, -0.2) is 45.7 Å². The molecule has 1 fully saturated rings. The Morgan fingerprint density at radius 2 is 1.77 bits per heavy atom.